The molecule has 0 bridgehead atoms. The summed E-state index contributed by atoms with van der Waals surface area (Å²) in [5.41, 5.74) is 6.21. The highest BCUT2D eigenvalue weighted by Crippen LogP contribution is 2.27. The summed E-state index contributed by atoms with van der Waals surface area (Å²) in [5.74, 6) is 1.12. The summed E-state index contributed by atoms with van der Waals surface area (Å²) in [5, 5.41) is 0.527. The van der Waals surface area contributed by atoms with Crippen molar-refractivity contribution in [1.29, 1.82) is 0 Å². The van der Waals surface area contributed by atoms with Crippen LogP contribution in [0.25, 0.3) is 0 Å². The van der Waals surface area contributed by atoms with Gasteiger partial charge in [-0.05, 0) is 42.9 Å². The van der Waals surface area contributed by atoms with Crippen LogP contribution in [0.15, 0.2) is 61.2 Å². The molecular weight excluding hydrogens is 488 g/mol. The first-order valence-electron chi connectivity index (χ1n) is 11.9. The molecule has 0 unspecified atom stereocenters. The minimum Gasteiger partial charge on any atom is -0.490 e. The van der Waals surface area contributed by atoms with Crippen LogP contribution >= 0.6 is 11.6 Å². The van der Waals surface area contributed by atoms with Gasteiger partial charge in [0.05, 0.1) is 36.4 Å². The van der Waals surface area contributed by atoms with Gasteiger partial charge in [0.15, 0.2) is 5.75 Å². The maximum absolute atomic E-state index is 14.1. The van der Waals surface area contributed by atoms with E-state index >= 15 is 0 Å². The smallest absolute Gasteiger partial charge is 0.225 e. The standard InChI is InChI=1S/C25H30ClF2N7O/c1-2-20(27)3-4-21(28)9-18-14-35(15-23(18)29)25-32-12-22(13-33-25)36-16-17-5-7-34(8-6-17)24-30-10-19(26)11-31-24/h2-4,10-13,17-18,23H,1,5-9,14-16,29H2/b20-3+,21-4+/t18-,23-/m0/s1. The Morgan fingerprint density at radius 2 is 1.67 bits per heavy atom. The fourth-order valence-electron chi connectivity index (χ4n) is 4.36. The van der Waals surface area contributed by atoms with Crippen molar-refractivity contribution in [3.8, 4) is 5.75 Å². The maximum atomic E-state index is 14.1. The number of hydrogen-bond acceptors (Lipinski definition) is 8. The number of hydrogen-bond donors (Lipinski definition) is 1. The molecule has 2 fully saturated rings. The van der Waals surface area contributed by atoms with E-state index in [-0.39, 0.29) is 18.4 Å². The molecule has 8 nitrogen and oxygen atoms in total. The van der Waals surface area contributed by atoms with E-state index < -0.39 is 11.7 Å². The number of ether oxygens (including phenoxy) is 1. The molecule has 2 saturated heterocycles. The van der Waals surface area contributed by atoms with Crippen molar-refractivity contribution >= 4 is 23.5 Å². The second kappa shape index (κ2) is 12.2. The zero-order valence-electron chi connectivity index (χ0n) is 19.9. The molecule has 2 aliphatic heterocycles. The molecule has 4 heterocycles. The molecule has 0 radical (unpaired) electrons. The topological polar surface area (TPSA) is 93.3 Å². The van der Waals surface area contributed by atoms with Crippen LogP contribution in [0, 0.1) is 11.8 Å². The Bertz CT molecular complexity index is 1070. The Labute approximate surface area is 214 Å². The summed E-state index contributed by atoms with van der Waals surface area (Å²) in [4.78, 5) is 21.5. The SMILES string of the molecule is C=C/C(F)=C\C=C(\F)C[C@H]1CN(c2ncc(OCC3CCN(c4ncc(Cl)cn4)CC3)cn2)C[C@@H]1N. The van der Waals surface area contributed by atoms with Crippen molar-refractivity contribution in [3.63, 3.8) is 0 Å². The lowest BCUT2D eigenvalue weighted by Crippen LogP contribution is -2.36. The average molecular weight is 518 g/mol. The zero-order valence-corrected chi connectivity index (χ0v) is 20.7. The molecule has 192 valence electrons. The summed E-state index contributed by atoms with van der Waals surface area (Å²) in [6.45, 7) is 6.64. The molecule has 0 aromatic carbocycles. The summed E-state index contributed by atoms with van der Waals surface area (Å²) in [7, 11) is 0. The Hall–Kier alpha value is -3.11. The van der Waals surface area contributed by atoms with E-state index in [1.807, 2.05) is 4.90 Å². The number of anilines is 2. The van der Waals surface area contributed by atoms with Gasteiger partial charge in [0.1, 0.15) is 11.7 Å². The van der Waals surface area contributed by atoms with Crippen molar-refractivity contribution in [2.75, 3.05) is 42.6 Å². The van der Waals surface area contributed by atoms with Crippen molar-refractivity contribution < 1.29 is 13.5 Å². The van der Waals surface area contributed by atoms with E-state index in [4.69, 9.17) is 22.1 Å². The Morgan fingerprint density at radius 1 is 1.03 bits per heavy atom. The van der Waals surface area contributed by atoms with Crippen LogP contribution in [-0.4, -0.2) is 58.8 Å². The van der Waals surface area contributed by atoms with Crippen LogP contribution in [-0.2, 0) is 0 Å². The van der Waals surface area contributed by atoms with Gasteiger partial charge in [-0.3, -0.25) is 0 Å². The van der Waals surface area contributed by atoms with Crippen LogP contribution in [0.3, 0.4) is 0 Å². The van der Waals surface area contributed by atoms with Crippen molar-refractivity contribution in [2.24, 2.45) is 17.6 Å². The molecule has 2 aliphatic rings. The fourth-order valence-corrected chi connectivity index (χ4v) is 4.46. The molecule has 0 amide bonds. The third kappa shape index (κ3) is 6.98. The minimum absolute atomic E-state index is 0.120. The second-order valence-corrected chi connectivity index (χ2v) is 9.50. The average Bonchev–Trinajstić information content (AvgIpc) is 3.26. The molecule has 0 spiro atoms. The molecule has 4 rings (SSSR count). The third-order valence-corrected chi connectivity index (χ3v) is 6.65. The van der Waals surface area contributed by atoms with Crippen LogP contribution < -0.4 is 20.3 Å². The Balaban J connectivity index is 1.23. The van der Waals surface area contributed by atoms with Gasteiger partial charge in [-0.15, -0.1) is 0 Å². The molecule has 36 heavy (non-hydrogen) atoms. The monoisotopic (exact) mass is 517 g/mol. The van der Waals surface area contributed by atoms with Crippen molar-refractivity contribution in [1.82, 2.24) is 19.9 Å². The van der Waals surface area contributed by atoms with Gasteiger partial charge in [0.2, 0.25) is 11.9 Å². The van der Waals surface area contributed by atoms with E-state index in [2.05, 4.69) is 31.4 Å². The first-order chi connectivity index (χ1) is 17.4. The molecule has 0 saturated carbocycles. The molecule has 11 heteroatoms. The number of halogens is 3. The molecule has 2 aromatic rings. The maximum Gasteiger partial charge on any atom is 0.225 e. The normalized spacial score (nSPS) is 21.7. The number of allylic oxidation sites excluding steroid dienone is 5. The van der Waals surface area contributed by atoms with Gasteiger partial charge in [-0.1, -0.05) is 18.2 Å². The van der Waals surface area contributed by atoms with Crippen molar-refractivity contribution in [3.05, 3.63) is 66.3 Å². The zero-order chi connectivity index (χ0) is 25.5. The lowest BCUT2D eigenvalue weighted by atomic mass is 9.98. The Kier molecular flexibility index (Phi) is 8.82. The van der Waals surface area contributed by atoms with E-state index in [9.17, 15) is 8.78 Å². The Morgan fingerprint density at radius 3 is 2.33 bits per heavy atom. The number of aromatic nitrogens is 4. The molecule has 0 aliphatic carbocycles. The molecule has 2 aromatic heterocycles. The van der Waals surface area contributed by atoms with Crippen molar-refractivity contribution in [2.45, 2.75) is 25.3 Å². The van der Waals surface area contributed by atoms with E-state index in [1.165, 1.54) is 0 Å². The third-order valence-electron chi connectivity index (χ3n) is 6.45. The first kappa shape index (κ1) is 26.0. The van der Waals surface area contributed by atoms with Gasteiger partial charge in [0.25, 0.3) is 0 Å². The largest absolute Gasteiger partial charge is 0.490 e. The predicted molar refractivity (Wildman–Crippen MR) is 136 cm³/mol. The lowest BCUT2D eigenvalue weighted by molar-refractivity contribution is 0.221. The van der Waals surface area contributed by atoms with Gasteiger partial charge in [-0.25, -0.2) is 28.7 Å². The highest BCUT2D eigenvalue weighted by atomic mass is 35.5. The van der Waals surface area contributed by atoms with Gasteiger partial charge < -0.3 is 20.3 Å². The van der Waals surface area contributed by atoms with Crippen LogP contribution in [0.1, 0.15) is 19.3 Å². The van der Waals surface area contributed by atoms with Crippen LogP contribution in [0.5, 0.6) is 5.75 Å². The van der Waals surface area contributed by atoms with E-state index in [1.54, 1.807) is 24.8 Å². The number of nitrogens with zero attached hydrogens (tertiary/aromatic N) is 6. The minimum atomic E-state index is -0.587. The predicted octanol–water partition coefficient (Wildman–Crippen LogP) is 4.26. The summed E-state index contributed by atoms with van der Waals surface area (Å²) in [6, 6.07) is -0.235. The second-order valence-electron chi connectivity index (χ2n) is 9.06. The van der Waals surface area contributed by atoms with Crippen LogP contribution in [0.4, 0.5) is 20.7 Å². The number of piperidine rings is 1. The summed E-state index contributed by atoms with van der Waals surface area (Å²) < 4.78 is 33.2. The molecule has 2 atom stereocenters. The fraction of sp³-hybridized carbons (Fsp3) is 0.440. The van der Waals surface area contributed by atoms with Gasteiger partial charge in [0, 0.05) is 38.6 Å². The first-order valence-corrected chi connectivity index (χ1v) is 12.3. The van der Waals surface area contributed by atoms with Gasteiger partial charge in [-0.2, -0.15) is 0 Å². The van der Waals surface area contributed by atoms with Crippen LogP contribution in [0.2, 0.25) is 5.02 Å². The molecule has 2 N–H and O–H groups in total. The lowest BCUT2D eigenvalue weighted by Gasteiger charge is -2.31. The van der Waals surface area contributed by atoms with E-state index in [0.29, 0.717) is 48.3 Å². The van der Waals surface area contributed by atoms with Gasteiger partial charge >= 0.3 is 0 Å². The highest BCUT2D eigenvalue weighted by Gasteiger charge is 2.32. The molecular formula is C25H30ClF2N7O. The summed E-state index contributed by atoms with van der Waals surface area (Å²) in [6.07, 6.45) is 11.8. The van der Waals surface area contributed by atoms with E-state index in [0.717, 1.165) is 44.2 Å². The summed E-state index contributed by atoms with van der Waals surface area (Å²) >= 11 is 5.87. The number of nitrogens with two attached hydrogens (primary N) is 1. The highest BCUT2D eigenvalue weighted by molar-refractivity contribution is 6.30. The quantitative estimate of drug-likeness (QED) is 0.493. The number of rotatable bonds is 9.